The van der Waals surface area contributed by atoms with Gasteiger partial charge in [-0.05, 0) is 29.3 Å². The molecular formula is C19H20ClIN4. The lowest BCUT2D eigenvalue weighted by Gasteiger charge is -2.13. The highest BCUT2D eigenvalue weighted by molar-refractivity contribution is 14.0. The second-order valence-electron chi connectivity index (χ2n) is 5.36. The van der Waals surface area contributed by atoms with Crippen LogP contribution in [0.25, 0.3) is 10.9 Å². The Morgan fingerprint density at radius 3 is 2.40 bits per heavy atom. The van der Waals surface area contributed by atoms with E-state index in [1.807, 2.05) is 54.7 Å². The summed E-state index contributed by atoms with van der Waals surface area (Å²) in [7, 11) is 1.76. The standard InChI is InChI=1S/C19H19ClN4.HI/c1-21-19(24-13-15-6-2-4-8-17(15)20)23-12-14-10-11-22-18-9-5-3-7-16(14)18;/h2-11H,12-13H2,1H3,(H2,21,23,24);1H. The van der Waals surface area contributed by atoms with Crippen molar-refractivity contribution in [1.29, 1.82) is 0 Å². The van der Waals surface area contributed by atoms with Crippen molar-refractivity contribution in [2.45, 2.75) is 13.1 Å². The molecule has 3 aromatic rings. The molecule has 0 fully saturated rings. The topological polar surface area (TPSA) is 49.3 Å². The van der Waals surface area contributed by atoms with Gasteiger partial charge in [-0.2, -0.15) is 0 Å². The monoisotopic (exact) mass is 466 g/mol. The number of para-hydroxylation sites is 1. The predicted molar refractivity (Wildman–Crippen MR) is 116 cm³/mol. The minimum absolute atomic E-state index is 0. The molecule has 0 aliphatic rings. The second kappa shape index (κ2) is 9.58. The van der Waals surface area contributed by atoms with Crippen molar-refractivity contribution in [3.63, 3.8) is 0 Å². The van der Waals surface area contributed by atoms with Crippen LogP contribution < -0.4 is 10.6 Å². The fourth-order valence-electron chi connectivity index (χ4n) is 2.53. The lowest BCUT2D eigenvalue weighted by molar-refractivity contribution is 0.811. The SMILES string of the molecule is CN=C(NCc1ccccc1Cl)NCc1ccnc2ccccc12.I. The molecule has 0 spiro atoms. The summed E-state index contributed by atoms with van der Waals surface area (Å²) in [6, 6.07) is 17.9. The van der Waals surface area contributed by atoms with Gasteiger partial charge in [-0.15, -0.1) is 24.0 Å². The zero-order chi connectivity index (χ0) is 16.8. The first-order chi connectivity index (χ1) is 11.8. The lowest BCUT2D eigenvalue weighted by Crippen LogP contribution is -2.36. The molecule has 2 N–H and O–H groups in total. The first-order valence-electron chi connectivity index (χ1n) is 7.78. The molecule has 1 heterocycles. The van der Waals surface area contributed by atoms with Crippen molar-refractivity contribution < 1.29 is 0 Å². The number of hydrogen-bond donors (Lipinski definition) is 2. The van der Waals surface area contributed by atoms with Crippen molar-refractivity contribution in [3.05, 3.63) is 76.9 Å². The van der Waals surface area contributed by atoms with E-state index in [0.717, 1.165) is 27.4 Å². The third-order valence-electron chi connectivity index (χ3n) is 3.81. The van der Waals surface area contributed by atoms with Crippen LogP contribution in [-0.4, -0.2) is 18.0 Å². The molecule has 0 aliphatic carbocycles. The van der Waals surface area contributed by atoms with Crippen LogP contribution in [0.15, 0.2) is 65.8 Å². The molecule has 0 bridgehead atoms. The smallest absolute Gasteiger partial charge is 0.191 e. The number of pyridine rings is 1. The van der Waals surface area contributed by atoms with E-state index in [9.17, 15) is 0 Å². The largest absolute Gasteiger partial charge is 0.352 e. The van der Waals surface area contributed by atoms with Crippen LogP contribution >= 0.6 is 35.6 Å². The van der Waals surface area contributed by atoms with E-state index in [1.165, 1.54) is 5.56 Å². The molecule has 0 radical (unpaired) electrons. The van der Waals surface area contributed by atoms with Crippen molar-refractivity contribution in [1.82, 2.24) is 15.6 Å². The minimum Gasteiger partial charge on any atom is -0.352 e. The Hall–Kier alpha value is -1.86. The Balaban J connectivity index is 0.00000225. The molecule has 0 atom stereocenters. The van der Waals surface area contributed by atoms with Gasteiger partial charge >= 0.3 is 0 Å². The average molecular weight is 467 g/mol. The van der Waals surface area contributed by atoms with Crippen molar-refractivity contribution in [3.8, 4) is 0 Å². The molecule has 0 saturated carbocycles. The molecule has 3 rings (SSSR count). The Morgan fingerprint density at radius 1 is 0.960 bits per heavy atom. The van der Waals surface area contributed by atoms with Crippen LogP contribution in [0.5, 0.6) is 0 Å². The molecule has 6 heteroatoms. The van der Waals surface area contributed by atoms with Gasteiger partial charge in [0.2, 0.25) is 0 Å². The van der Waals surface area contributed by atoms with E-state index in [4.69, 9.17) is 11.6 Å². The summed E-state index contributed by atoms with van der Waals surface area (Å²) in [5.41, 5.74) is 3.22. The van der Waals surface area contributed by atoms with Gasteiger partial charge in [0, 0.05) is 36.7 Å². The Morgan fingerprint density at radius 2 is 1.64 bits per heavy atom. The first kappa shape index (κ1) is 19.5. The first-order valence-corrected chi connectivity index (χ1v) is 8.16. The van der Waals surface area contributed by atoms with E-state index >= 15 is 0 Å². The zero-order valence-electron chi connectivity index (χ0n) is 13.9. The molecule has 25 heavy (non-hydrogen) atoms. The fourth-order valence-corrected chi connectivity index (χ4v) is 2.73. The molecule has 0 unspecified atom stereocenters. The minimum atomic E-state index is 0. The quantitative estimate of drug-likeness (QED) is 0.341. The van der Waals surface area contributed by atoms with E-state index in [1.54, 1.807) is 7.05 Å². The van der Waals surface area contributed by atoms with Crippen LogP contribution in [-0.2, 0) is 13.1 Å². The molecule has 4 nitrogen and oxygen atoms in total. The van der Waals surface area contributed by atoms with Gasteiger partial charge in [0.1, 0.15) is 0 Å². The maximum atomic E-state index is 6.18. The normalized spacial score (nSPS) is 11.0. The summed E-state index contributed by atoms with van der Waals surface area (Å²) in [6.45, 7) is 1.29. The van der Waals surface area contributed by atoms with Gasteiger partial charge in [0.25, 0.3) is 0 Å². The number of aromatic nitrogens is 1. The van der Waals surface area contributed by atoms with Crippen molar-refractivity contribution in [2.75, 3.05) is 7.05 Å². The second-order valence-corrected chi connectivity index (χ2v) is 5.77. The third-order valence-corrected chi connectivity index (χ3v) is 4.18. The van der Waals surface area contributed by atoms with E-state index in [2.05, 4.69) is 26.7 Å². The zero-order valence-corrected chi connectivity index (χ0v) is 17.0. The predicted octanol–water partition coefficient (Wildman–Crippen LogP) is 4.37. The fraction of sp³-hybridized carbons (Fsp3) is 0.158. The van der Waals surface area contributed by atoms with Gasteiger partial charge in [0.05, 0.1) is 5.52 Å². The molecule has 0 aliphatic heterocycles. The van der Waals surface area contributed by atoms with E-state index in [-0.39, 0.29) is 24.0 Å². The van der Waals surface area contributed by atoms with Crippen molar-refractivity contribution in [2.24, 2.45) is 4.99 Å². The van der Waals surface area contributed by atoms with Gasteiger partial charge < -0.3 is 10.6 Å². The maximum absolute atomic E-state index is 6.18. The number of rotatable bonds is 4. The van der Waals surface area contributed by atoms with Crippen LogP contribution in [0, 0.1) is 0 Å². The maximum Gasteiger partial charge on any atom is 0.191 e. The lowest BCUT2D eigenvalue weighted by atomic mass is 10.1. The van der Waals surface area contributed by atoms with E-state index in [0.29, 0.717) is 13.1 Å². The van der Waals surface area contributed by atoms with Crippen LogP contribution in [0.4, 0.5) is 0 Å². The van der Waals surface area contributed by atoms with Gasteiger partial charge in [-0.1, -0.05) is 48.0 Å². The highest BCUT2D eigenvalue weighted by atomic mass is 127. The highest BCUT2D eigenvalue weighted by Crippen LogP contribution is 2.16. The summed E-state index contributed by atoms with van der Waals surface area (Å²) in [4.78, 5) is 8.65. The van der Waals surface area contributed by atoms with Gasteiger partial charge in [0.15, 0.2) is 5.96 Å². The Bertz CT molecular complexity index is 861. The molecule has 0 amide bonds. The summed E-state index contributed by atoms with van der Waals surface area (Å²) in [6.07, 6.45) is 1.83. The number of nitrogens with one attached hydrogen (secondary N) is 2. The van der Waals surface area contributed by atoms with Crippen molar-refractivity contribution >= 4 is 52.4 Å². The molecule has 130 valence electrons. The number of benzene rings is 2. The summed E-state index contributed by atoms with van der Waals surface area (Å²) in [5, 5.41) is 8.52. The molecular weight excluding hydrogens is 447 g/mol. The summed E-state index contributed by atoms with van der Waals surface area (Å²) >= 11 is 6.18. The molecule has 0 saturated heterocycles. The summed E-state index contributed by atoms with van der Waals surface area (Å²) in [5.74, 6) is 0.732. The highest BCUT2D eigenvalue weighted by Gasteiger charge is 2.04. The number of halogens is 2. The third kappa shape index (κ3) is 5.06. The Kier molecular flexibility index (Phi) is 7.46. The van der Waals surface area contributed by atoms with Gasteiger partial charge in [-0.3, -0.25) is 9.98 Å². The van der Waals surface area contributed by atoms with Crippen LogP contribution in [0.2, 0.25) is 5.02 Å². The summed E-state index contributed by atoms with van der Waals surface area (Å²) < 4.78 is 0. The number of fused-ring (bicyclic) bond motifs is 1. The molecule has 2 aromatic carbocycles. The molecule has 1 aromatic heterocycles. The average Bonchev–Trinajstić information content (AvgIpc) is 2.63. The number of aliphatic imine (C=N–C) groups is 1. The Labute approximate surface area is 169 Å². The number of guanidine groups is 1. The van der Waals surface area contributed by atoms with Crippen LogP contribution in [0.1, 0.15) is 11.1 Å². The number of nitrogens with zero attached hydrogens (tertiary/aromatic N) is 2. The van der Waals surface area contributed by atoms with Crippen LogP contribution in [0.3, 0.4) is 0 Å². The van der Waals surface area contributed by atoms with E-state index < -0.39 is 0 Å². The number of hydrogen-bond acceptors (Lipinski definition) is 2. The van der Waals surface area contributed by atoms with Gasteiger partial charge in [-0.25, -0.2) is 0 Å².